The molecule has 8 nitrogen and oxygen atoms in total. The summed E-state index contributed by atoms with van der Waals surface area (Å²) in [6.45, 7) is 1.60. The molecule has 0 fully saturated rings. The first-order valence-electron chi connectivity index (χ1n) is 7.76. The number of aromatic hydroxyl groups is 1. The van der Waals surface area contributed by atoms with Crippen LogP contribution >= 0.6 is 0 Å². The Balaban J connectivity index is 2.67. The van der Waals surface area contributed by atoms with Crippen molar-refractivity contribution in [3.63, 3.8) is 0 Å². The third-order valence-corrected chi connectivity index (χ3v) is 4.29. The van der Waals surface area contributed by atoms with E-state index in [1.54, 1.807) is 19.1 Å². The van der Waals surface area contributed by atoms with Crippen LogP contribution in [0.25, 0.3) is 22.2 Å². The zero-order chi connectivity index (χ0) is 19.2. The number of pyridine rings is 1. The van der Waals surface area contributed by atoms with Gasteiger partial charge in [-0.15, -0.1) is 0 Å². The Morgan fingerprint density at radius 1 is 1.19 bits per heavy atom. The molecule has 0 saturated heterocycles. The van der Waals surface area contributed by atoms with Gasteiger partial charge in [0, 0.05) is 19.7 Å². The molecular formula is C18H17N3O5. The number of ether oxygens (including phenoxy) is 1. The van der Waals surface area contributed by atoms with Gasteiger partial charge in [0.2, 0.25) is 0 Å². The van der Waals surface area contributed by atoms with Crippen molar-refractivity contribution in [3.8, 4) is 16.9 Å². The number of aryl methyl sites for hydroxylation is 2. The molecule has 0 saturated carbocycles. The van der Waals surface area contributed by atoms with Crippen LogP contribution in [-0.4, -0.2) is 32.3 Å². The predicted molar refractivity (Wildman–Crippen MR) is 95.4 cm³/mol. The van der Waals surface area contributed by atoms with Crippen molar-refractivity contribution in [2.45, 2.75) is 6.92 Å². The minimum Gasteiger partial charge on any atom is -0.508 e. The highest BCUT2D eigenvalue weighted by atomic mass is 16.5. The third-order valence-electron chi connectivity index (χ3n) is 4.29. The Kier molecular flexibility index (Phi) is 4.11. The Morgan fingerprint density at radius 2 is 1.88 bits per heavy atom. The highest BCUT2D eigenvalue weighted by Gasteiger charge is 2.25. The van der Waals surface area contributed by atoms with E-state index in [1.165, 1.54) is 37.9 Å². The fourth-order valence-electron chi connectivity index (χ4n) is 3.01. The number of benzene rings is 1. The SMILES string of the molecule is COC(=O)c1c(C)nc2c(c1-c1cccc(O)c1)c(=O)n(C)c(=O)n2C. The van der Waals surface area contributed by atoms with Crippen molar-refractivity contribution < 1.29 is 14.6 Å². The highest BCUT2D eigenvalue weighted by Crippen LogP contribution is 2.32. The minimum absolute atomic E-state index is 0.0254. The summed E-state index contributed by atoms with van der Waals surface area (Å²) in [5.74, 6) is -0.686. The molecule has 26 heavy (non-hydrogen) atoms. The normalized spacial score (nSPS) is 10.9. The van der Waals surface area contributed by atoms with Crippen LogP contribution in [0.2, 0.25) is 0 Å². The number of rotatable bonds is 2. The second kappa shape index (κ2) is 6.14. The van der Waals surface area contributed by atoms with Gasteiger partial charge in [0.1, 0.15) is 11.4 Å². The van der Waals surface area contributed by atoms with Crippen molar-refractivity contribution in [2.75, 3.05) is 7.11 Å². The topological polar surface area (TPSA) is 103 Å². The summed E-state index contributed by atoms with van der Waals surface area (Å²) in [5, 5.41) is 9.96. The Labute approximate surface area is 147 Å². The first-order valence-corrected chi connectivity index (χ1v) is 7.76. The number of nitrogens with zero attached hydrogens (tertiary/aromatic N) is 3. The molecule has 134 valence electrons. The van der Waals surface area contributed by atoms with E-state index in [2.05, 4.69) is 4.98 Å². The van der Waals surface area contributed by atoms with Gasteiger partial charge < -0.3 is 9.84 Å². The molecule has 1 N–H and O–H groups in total. The number of hydrogen-bond acceptors (Lipinski definition) is 6. The van der Waals surface area contributed by atoms with Crippen LogP contribution in [0.5, 0.6) is 5.75 Å². The summed E-state index contributed by atoms with van der Waals surface area (Å²) in [5.41, 5.74) is 0.179. The van der Waals surface area contributed by atoms with Crippen LogP contribution in [-0.2, 0) is 18.8 Å². The Morgan fingerprint density at radius 3 is 2.50 bits per heavy atom. The Hall–Kier alpha value is -3.42. The lowest BCUT2D eigenvalue weighted by Crippen LogP contribution is -2.38. The molecule has 0 bridgehead atoms. The number of esters is 1. The smallest absolute Gasteiger partial charge is 0.340 e. The van der Waals surface area contributed by atoms with Crippen LogP contribution in [0, 0.1) is 6.92 Å². The maximum Gasteiger partial charge on any atom is 0.340 e. The molecule has 2 heterocycles. The molecule has 3 aromatic rings. The first kappa shape index (κ1) is 17.4. The van der Waals surface area contributed by atoms with E-state index < -0.39 is 17.2 Å². The summed E-state index contributed by atoms with van der Waals surface area (Å²) >= 11 is 0. The number of phenolic OH excluding ortho intramolecular Hbond substituents is 1. The fourth-order valence-corrected chi connectivity index (χ4v) is 3.01. The summed E-state index contributed by atoms with van der Waals surface area (Å²) in [7, 11) is 4.09. The number of methoxy groups -OCH3 is 1. The van der Waals surface area contributed by atoms with E-state index in [1.807, 2.05) is 0 Å². The summed E-state index contributed by atoms with van der Waals surface area (Å²) < 4.78 is 7.06. The quantitative estimate of drug-likeness (QED) is 0.691. The molecule has 0 spiro atoms. The number of phenols is 1. The fraction of sp³-hybridized carbons (Fsp3) is 0.222. The van der Waals surface area contributed by atoms with E-state index in [-0.39, 0.29) is 27.9 Å². The lowest BCUT2D eigenvalue weighted by Gasteiger charge is -2.16. The van der Waals surface area contributed by atoms with Crippen molar-refractivity contribution in [3.05, 3.63) is 56.4 Å². The molecule has 0 amide bonds. The number of hydrogen-bond donors (Lipinski definition) is 1. The van der Waals surface area contributed by atoms with Crippen molar-refractivity contribution in [1.29, 1.82) is 0 Å². The van der Waals surface area contributed by atoms with E-state index in [9.17, 15) is 19.5 Å². The zero-order valence-corrected chi connectivity index (χ0v) is 14.7. The summed E-state index contributed by atoms with van der Waals surface area (Å²) in [6, 6.07) is 6.17. The van der Waals surface area contributed by atoms with Gasteiger partial charge in [-0.2, -0.15) is 0 Å². The van der Waals surface area contributed by atoms with Gasteiger partial charge in [0.25, 0.3) is 5.56 Å². The second-order valence-electron chi connectivity index (χ2n) is 5.89. The molecule has 0 aliphatic rings. The zero-order valence-electron chi connectivity index (χ0n) is 14.7. The second-order valence-corrected chi connectivity index (χ2v) is 5.89. The molecule has 1 aromatic carbocycles. The highest BCUT2D eigenvalue weighted by molar-refractivity contribution is 6.07. The number of carbonyl (C=O) groups is 1. The van der Waals surface area contributed by atoms with Crippen LogP contribution in [0.1, 0.15) is 16.1 Å². The van der Waals surface area contributed by atoms with Crippen molar-refractivity contribution >= 4 is 17.0 Å². The first-order chi connectivity index (χ1) is 12.3. The summed E-state index contributed by atoms with van der Waals surface area (Å²) in [4.78, 5) is 41.8. The van der Waals surface area contributed by atoms with Crippen LogP contribution < -0.4 is 11.2 Å². The third kappa shape index (κ3) is 2.46. The molecule has 8 heteroatoms. The van der Waals surface area contributed by atoms with Crippen LogP contribution in [0.15, 0.2) is 33.9 Å². The molecule has 0 unspecified atom stereocenters. The van der Waals surface area contributed by atoms with E-state index in [0.717, 1.165) is 4.57 Å². The van der Waals surface area contributed by atoms with Gasteiger partial charge in [-0.05, 0) is 24.6 Å². The standard InChI is InChI=1S/C18H17N3O5/c1-9-12(17(24)26-4)13(10-6-5-7-11(22)8-10)14-15(19-9)20(2)18(25)21(3)16(14)23/h5-8,22H,1-4H3. The van der Waals surface area contributed by atoms with Crippen LogP contribution in [0.4, 0.5) is 0 Å². The van der Waals surface area contributed by atoms with E-state index in [0.29, 0.717) is 11.3 Å². The molecular weight excluding hydrogens is 338 g/mol. The number of aromatic nitrogens is 3. The van der Waals surface area contributed by atoms with Gasteiger partial charge in [-0.1, -0.05) is 12.1 Å². The molecule has 2 aromatic heterocycles. The van der Waals surface area contributed by atoms with E-state index >= 15 is 0 Å². The minimum atomic E-state index is -0.661. The maximum atomic E-state index is 12.8. The van der Waals surface area contributed by atoms with Crippen molar-refractivity contribution in [2.24, 2.45) is 14.1 Å². The lowest BCUT2D eigenvalue weighted by molar-refractivity contribution is 0.0600. The van der Waals surface area contributed by atoms with Gasteiger partial charge in [-0.3, -0.25) is 13.9 Å². The van der Waals surface area contributed by atoms with Gasteiger partial charge in [0.05, 0.1) is 23.8 Å². The van der Waals surface area contributed by atoms with Gasteiger partial charge >= 0.3 is 11.7 Å². The summed E-state index contributed by atoms with van der Waals surface area (Å²) in [6.07, 6.45) is 0. The maximum absolute atomic E-state index is 12.8. The van der Waals surface area contributed by atoms with Gasteiger partial charge in [-0.25, -0.2) is 14.6 Å². The molecule has 0 aliphatic carbocycles. The molecule has 0 aliphatic heterocycles. The average Bonchev–Trinajstić information content (AvgIpc) is 2.63. The lowest BCUT2D eigenvalue weighted by atomic mass is 9.95. The largest absolute Gasteiger partial charge is 0.508 e. The van der Waals surface area contributed by atoms with Gasteiger partial charge in [0.15, 0.2) is 0 Å². The van der Waals surface area contributed by atoms with Crippen LogP contribution in [0.3, 0.4) is 0 Å². The molecule has 0 atom stereocenters. The van der Waals surface area contributed by atoms with E-state index in [4.69, 9.17) is 4.74 Å². The molecule has 3 rings (SSSR count). The monoisotopic (exact) mass is 355 g/mol. The Bertz CT molecular complexity index is 1170. The average molecular weight is 355 g/mol. The predicted octanol–water partition coefficient (Wildman–Crippen LogP) is 1.10. The molecule has 0 radical (unpaired) electrons. The van der Waals surface area contributed by atoms with Crippen molar-refractivity contribution in [1.82, 2.24) is 14.1 Å². The number of carbonyl (C=O) groups excluding carboxylic acids is 1. The number of fused-ring (bicyclic) bond motifs is 1.